The summed E-state index contributed by atoms with van der Waals surface area (Å²) in [6.45, 7) is -0.0859. The van der Waals surface area contributed by atoms with E-state index in [0.29, 0.717) is 28.1 Å². The van der Waals surface area contributed by atoms with Gasteiger partial charge in [0.15, 0.2) is 11.7 Å². The molecule has 0 saturated carbocycles. The lowest BCUT2D eigenvalue weighted by molar-refractivity contribution is -0.118. The highest BCUT2D eigenvalue weighted by molar-refractivity contribution is 14.1. The van der Waals surface area contributed by atoms with E-state index in [-0.39, 0.29) is 12.5 Å². The molecule has 0 atom stereocenters. The van der Waals surface area contributed by atoms with Crippen molar-refractivity contribution >= 4 is 45.0 Å². The number of aromatic nitrogens is 1. The summed E-state index contributed by atoms with van der Waals surface area (Å²) in [5, 5.41) is 5.10. The number of ether oxygens (including phenoxy) is 3. The molecular formula is C19H17IN2O4S. The van der Waals surface area contributed by atoms with Crippen molar-refractivity contribution in [1.29, 1.82) is 0 Å². The molecule has 0 aliphatic rings. The minimum absolute atomic E-state index is 0.0859. The van der Waals surface area contributed by atoms with Crippen LogP contribution in [0.25, 0.3) is 11.3 Å². The summed E-state index contributed by atoms with van der Waals surface area (Å²) < 4.78 is 17.2. The number of nitrogens with one attached hydrogen (secondary N) is 1. The van der Waals surface area contributed by atoms with Crippen LogP contribution in [0, 0.1) is 3.57 Å². The summed E-state index contributed by atoms with van der Waals surface area (Å²) in [6.07, 6.45) is 0. The number of thiazole rings is 1. The molecule has 0 fully saturated rings. The topological polar surface area (TPSA) is 69.7 Å². The molecule has 0 radical (unpaired) electrons. The van der Waals surface area contributed by atoms with Crippen molar-refractivity contribution in [2.45, 2.75) is 0 Å². The summed E-state index contributed by atoms with van der Waals surface area (Å²) in [6, 6.07) is 13.0. The molecule has 0 saturated heterocycles. The summed E-state index contributed by atoms with van der Waals surface area (Å²) >= 11 is 3.50. The van der Waals surface area contributed by atoms with Crippen LogP contribution in [-0.4, -0.2) is 31.7 Å². The van der Waals surface area contributed by atoms with Crippen molar-refractivity contribution in [3.8, 4) is 28.5 Å². The van der Waals surface area contributed by atoms with E-state index in [1.807, 2.05) is 47.8 Å². The lowest BCUT2D eigenvalue weighted by atomic mass is 10.1. The highest BCUT2D eigenvalue weighted by Crippen LogP contribution is 2.35. The monoisotopic (exact) mass is 496 g/mol. The quantitative estimate of drug-likeness (QED) is 0.490. The molecule has 1 N–H and O–H groups in total. The maximum Gasteiger partial charge on any atom is 0.264 e. The van der Waals surface area contributed by atoms with Crippen molar-refractivity contribution in [2.75, 3.05) is 26.1 Å². The Kier molecular flexibility index (Phi) is 6.51. The Morgan fingerprint density at radius 1 is 1.15 bits per heavy atom. The molecule has 8 heteroatoms. The molecule has 3 rings (SSSR count). The number of carbonyl (C=O) groups is 1. The van der Waals surface area contributed by atoms with Crippen molar-refractivity contribution in [2.24, 2.45) is 0 Å². The van der Waals surface area contributed by atoms with E-state index in [2.05, 4.69) is 32.9 Å². The van der Waals surface area contributed by atoms with Gasteiger partial charge in [0.05, 0.1) is 23.5 Å². The second kappa shape index (κ2) is 9.05. The van der Waals surface area contributed by atoms with Crippen LogP contribution in [0.15, 0.2) is 47.8 Å². The largest absolute Gasteiger partial charge is 0.497 e. The fourth-order valence-electron chi connectivity index (χ4n) is 2.33. The average Bonchev–Trinajstić information content (AvgIpc) is 3.15. The van der Waals surface area contributed by atoms with Gasteiger partial charge in [-0.3, -0.25) is 10.1 Å². The maximum atomic E-state index is 12.1. The van der Waals surface area contributed by atoms with Crippen LogP contribution in [0.3, 0.4) is 0 Å². The molecule has 27 heavy (non-hydrogen) atoms. The highest BCUT2D eigenvalue weighted by Gasteiger charge is 2.13. The van der Waals surface area contributed by atoms with Gasteiger partial charge in [0.25, 0.3) is 5.91 Å². The Morgan fingerprint density at radius 3 is 2.70 bits per heavy atom. The SMILES string of the molecule is COc1ccc(OC)c(-c2csc(NC(=O)COc3ccccc3I)n2)c1. The van der Waals surface area contributed by atoms with Crippen LogP contribution in [0.1, 0.15) is 0 Å². The van der Waals surface area contributed by atoms with Gasteiger partial charge in [-0.05, 0) is 52.9 Å². The lowest BCUT2D eigenvalue weighted by Crippen LogP contribution is -2.20. The number of amides is 1. The maximum absolute atomic E-state index is 12.1. The van der Waals surface area contributed by atoms with E-state index >= 15 is 0 Å². The molecule has 0 bridgehead atoms. The zero-order chi connectivity index (χ0) is 19.2. The summed E-state index contributed by atoms with van der Waals surface area (Å²) in [5.41, 5.74) is 1.49. The van der Waals surface area contributed by atoms with Crippen LogP contribution in [0.2, 0.25) is 0 Å². The van der Waals surface area contributed by atoms with E-state index in [1.54, 1.807) is 14.2 Å². The molecular weight excluding hydrogens is 479 g/mol. The average molecular weight is 496 g/mol. The Bertz CT molecular complexity index is 945. The number of anilines is 1. The van der Waals surface area contributed by atoms with E-state index in [0.717, 1.165) is 9.13 Å². The lowest BCUT2D eigenvalue weighted by Gasteiger charge is -2.08. The van der Waals surface area contributed by atoms with Gasteiger partial charge in [-0.15, -0.1) is 11.3 Å². The van der Waals surface area contributed by atoms with Crippen LogP contribution < -0.4 is 19.5 Å². The second-order valence-corrected chi connectivity index (χ2v) is 7.39. The minimum atomic E-state index is -0.270. The van der Waals surface area contributed by atoms with Gasteiger partial charge in [0.1, 0.15) is 17.2 Å². The molecule has 140 valence electrons. The minimum Gasteiger partial charge on any atom is -0.497 e. The predicted octanol–water partition coefficient (Wildman–Crippen LogP) is 4.45. The fourth-order valence-corrected chi connectivity index (χ4v) is 3.60. The third-order valence-corrected chi connectivity index (χ3v) is 5.28. The van der Waals surface area contributed by atoms with Crippen LogP contribution in [0.5, 0.6) is 17.2 Å². The Balaban J connectivity index is 1.67. The van der Waals surface area contributed by atoms with Crippen LogP contribution in [-0.2, 0) is 4.79 Å². The Morgan fingerprint density at radius 2 is 1.96 bits per heavy atom. The molecule has 2 aromatic carbocycles. The number of methoxy groups -OCH3 is 2. The summed E-state index contributed by atoms with van der Waals surface area (Å²) in [5.74, 6) is 1.79. The van der Waals surface area contributed by atoms with Gasteiger partial charge in [0, 0.05) is 10.9 Å². The molecule has 1 amide bonds. The number of nitrogens with zero attached hydrogens (tertiary/aromatic N) is 1. The normalized spacial score (nSPS) is 10.3. The molecule has 3 aromatic rings. The van der Waals surface area contributed by atoms with E-state index < -0.39 is 0 Å². The van der Waals surface area contributed by atoms with E-state index in [9.17, 15) is 4.79 Å². The molecule has 0 spiro atoms. The molecule has 1 aromatic heterocycles. The van der Waals surface area contributed by atoms with Gasteiger partial charge >= 0.3 is 0 Å². The standard InChI is InChI=1S/C19H17IN2O4S/c1-24-12-7-8-16(25-2)13(9-12)15-11-27-19(21-15)22-18(23)10-26-17-6-4-3-5-14(17)20/h3-9,11H,10H2,1-2H3,(H,21,22,23). The third kappa shape index (κ3) is 4.89. The third-order valence-electron chi connectivity index (χ3n) is 3.63. The van der Waals surface area contributed by atoms with Crippen molar-refractivity contribution in [3.63, 3.8) is 0 Å². The van der Waals surface area contributed by atoms with Gasteiger partial charge in [-0.1, -0.05) is 12.1 Å². The van der Waals surface area contributed by atoms with Gasteiger partial charge in [-0.2, -0.15) is 0 Å². The van der Waals surface area contributed by atoms with Crippen molar-refractivity contribution in [1.82, 2.24) is 4.98 Å². The molecule has 1 heterocycles. The molecule has 0 aliphatic carbocycles. The fraction of sp³-hybridized carbons (Fsp3) is 0.158. The summed E-state index contributed by atoms with van der Waals surface area (Å²) in [7, 11) is 3.20. The van der Waals surface area contributed by atoms with Crippen LogP contribution in [0.4, 0.5) is 5.13 Å². The smallest absolute Gasteiger partial charge is 0.264 e. The number of benzene rings is 2. The second-order valence-electron chi connectivity index (χ2n) is 5.37. The predicted molar refractivity (Wildman–Crippen MR) is 114 cm³/mol. The highest BCUT2D eigenvalue weighted by atomic mass is 127. The Hall–Kier alpha value is -2.33. The number of carbonyl (C=O) groups excluding carboxylic acids is 1. The number of hydrogen-bond acceptors (Lipinski definition) is 6. The van der Waals surface area contributed by atoms with Crippen molar-refractivity contribution < 1.29 is 19.0 Å². The van der Waals surface area contributed by atoms with Crippen LogP contribution >= 0.6 is 33.9 Å². The number of para-hydroxylation sites is 1. The first-order chi connectivity index (χ1) is 13.1. The van der Waals surface area contributed by atoms with E-state index in [4.69, 9.17) is 14.2 Å². The number of halogens is 1. The van der Waals surface area contributed by atoms with E-state index in [1.165, 1.54) is 11.3 Å². The molecule has 0 aliphatic heterocycles. The first kappa shape index (κ1) is 19.4. The van der Waals surface area contributed by atoms with Gasteiger partial charge in [-0.25, -0.2) is 4.98 Å². The number of hydrogen-bond donors (Lipinski definition) is 1. The van der Waals surface area contributed by atoms with Crippen molar-refractivity contribution in [3.05, 3.63) is 51.4 Å². The Labute approximate surface area is 174 Å². The zero-order valence-corrected chi connectivity index (χ0v) is 17.7. The first-order valence-corrected chi connectivity index (χ1v) is 9.91. The molecule has 6 nitrogen and oxygen atoms in total. The van der Waals surface area contributed by atoms with Gasteiger partial charge < -0.3 is 14.2 Å². The molecule has 0 unspecified atom stereocenters. The van der Waals surface area contributed by atoms with Gasteiger partial charge in [0.2, 0.25) is 0 Å². The first-order valence-electron chi connectivity index (χ1n) is 7.96. The number of rotatable bonds is 7. The summed E-state index contributed by atoms with van der Waals surface area (Å²) in [4.78, 5) is 16.6. The zero-order valence-electron chi connectivity index (χ0n) is 14.7.